The van der Waals surface area contributed by atoms with Crippen molar-refractivity contribution < 1.29 is 13.9 Å². The minimum absolute atomic E-state index is 0.141. The molecule has 1 aromatic heterocycles. The average Bonchev–Trinajstić information content (AvgIpc) is 2.96. The maximum absolute atomic E-state index is 13.2. The molecule has 0 radical (unpaired) electrons. The second kappa shape index (κ2) is 8.44. The normalized spacial score (nSPS) is 10.8. The molecule has 1 amide bonds. The van der Waals surface area contributed by atoms with Crippen LogP contribution in [0, 0.1) is 19.7 Å². The lowest BCUT2D eigenvalue weighted by Gasteiger charge is -2.18. The molecule has 0 unspecified atom stereocenters. The molecule has 0 N–H and O–H groups in total. The van der Waals surface area contributed by atoms with Crippen LogP contribution < -0.4 is 4.74 Å². The topological polar surface area (TPSA) is 47.4 Å². The van der Waals surface area contributed by atoms with E-state index in [0.717, 1.165) is 0 Å². The van der Waals surface area contributed by atoms with Crippen molar-refractivity contribution in [3.8, 4) is 11.4 Å². The van der Waals surface area contributed by atoms with Gasteiger partial charge in [-0.05, 0) is 56.3 Å². The van der Waals surface area contributed by atoms with Gasteiger partial charge in [0.25, 0.3) is 5.91 Å². The number of hydrogen-bond acceptors (Lipinski definition) is 3. The molecule has 0 aliphatic rings. The first-order valence-corrected chi connectivity index (χ1v) is 9.20. The van der Waals surface area contributed by atoms with Gasteiger partial charge in [-0.15, -0.1) is 0 Å². The van der Waals surface area contributed by atoms with E-state index in [1.165, 1.54) is 12.1 Å². The number of aromatic nitrogens is 2. The summed E-state index contributed by atoms with van der Waals surface area (Å²) >= 11 is 5.94. The number of likely N-dealkylation sites (N-methyl/N-ethyl adjacent to an activating group) is 1. The van der Waals surface area contributed by atoms with Crippen LogP contribution in [0.5, 0.6) is 5.75 Å². The van der Waals surface area contributed by atoms with E-state index < -0.39 is 0 Å². The highest BCUT2D eigenvalue weighted by atomic mass is 35.5. The van der Waals surface area contributed by atoms with Crippen LogP contribution in [0.25, 0.3) is 5.69 Å². The second-order valence-electron chi connectivity index (χ2n) is 6.47. The number of hydrogen-bond donors (Lipinski definition) is 0. The molecule has 0 aliphatic heterocycles. The highest BCUT2D eigenvalue weighted by molar-refractivity contribution is 6.30. The molecule has 0 saturated heterocycles. The van der Waals surface area contributed by atoms with Crippen molar-refractivity contribution in [1.29, 1.82) is 0 Å². The number of rotatable bonds is 6. The fourth-order valence-corrected chi connectivity index (χ4v) is 3.12. The zero-order valence-electron chi connectivity index (χ0n) is 15.9. The van der Waals surface area contributed by atoms with Gasteiger partial charge in [-0.25, -0.2) is 9.07 Å². The molecular formula is C21H21ClFN3O2. The number of nitrogens with zero attached hydrogens (tertiary/aromatic N) is 3. The molecule has 146 valence electrons. The van der Waals surface area contributed by atoms with E-state index in [4.69, 9.17) is 16.3 Å². The Morgan fingerprint density at radius 1 is 1.21 bits per heavy atom. The SMILES string of the molecule is Cc1nn(-c2ccc(F)cc2)c(C)c1C(=O)N(C)CCOc1cccc(Cl)c1. The van der Waals surface area contributed by atoms with Crippen molar-refractivity contribution in [3.05, 3.63) is 76.3 Å². The quantitative estimate of drug-likeness (QED) is 0.613. The Morgan fingerprint density at radius 2 is 1.93 bits per heavy atom. The van der Waals surface area contributed by atoms with E-state index in [1.54, 1.807) is 47.8 Å². The zero-order valence-corrected chi connectivity index (χ0v) is 16.7. The Bertz CT molecular complexity index is 986. The average molecular weight is 402 g/mol. The number of halogens is 2. The Morgan fingerprint density at radius 3 is 2.61 bits per heavy atom. The number of carbonyl (C=O) groups is 1. The van der Waals surface area contributed by atoms with E-state index in [0.29, 0.717) is 46.6 Å². The number of benzene rings is 2. The summed E-state index contributed by atoms with van der Waals surface area (Å²) in [7, 11) is 1.72. The summed E-state index contributed by atoms with van der Waals surface area (Å²) in [5.74, 6) is 0.198. The van der Waals surface area contributed by atoms with E-state index >= 15 is 0 Å². The van der Waals surface area contributed by atoms with Crippen LogP contribution in [0.2, 0.25) is 5.02 Å². The Hall–Kier alpha value is -2.86. The molecule has 0 saturated carbocycles. The first-order valence-electron chi connectivity index (χ1n) is 8.83. The van der Waals surface area contributed by atoms with Crippen LogP contribution in [0.15, 0.2) is 48.5 Å². The van der Waals surface area contributed by atoms with Gasteiger partial charge in [-0.3, -0.25) is 4.79 Å². The van der Waals surface area contributed by atoms with E-state index in [-0.39, 0.29) is 11.7 Å². The minimum Gasteiger partial charge on any atom is -0.492 e. The monoisotopic (exact) mass is 401 g/mol. The molecule has 3 rings (SSSR count). The van der Waals surface area contributed by atoms with Crippen LogP contribution in [0.3, 0.4) is 0 Å². The molecule has 1 heterocycles. The summed E-state index contributed by atoms with van der Waals surface area (Å²) in [6.45, 7) is 4.36. The van der Waals surface area contributed by atoms with E-state index in [1.807, 2.05) is 19.1 Å². The highest BCUT2D eigenvalue weighted by Gasteiger charge is 2.22. The maximum Gasteiger partial charge on any atom is 0.257 e. The van der Waals surface area contributed by atoms with Gasteiger partial charge >= 0.3 is 0 Å². The molecule has 5 nitrogen and oxygen atoms in total. The second-order valence-corrected chi connectivity index (χ2v) is 6.90. The van der Waals surface area contributed by atoms with Gasteiger partial charge in [-0.1, -0.05) is 17.7 Å². The lowest BCUT2D eigenvalue weighted by Crippen LogP contribution is -2.31. The van der Waals surface area contributed by atoms with Crippen LogP contribution >= 0.6 is 11.6 Å². The summed E-state index contributed by atoms with van der Waals surface area (Å²) < 4.78 is 20.5. The van der Waals surface area contributed by atoms with Crippen LogP contribution in [-0.4, -0.2) is 40.8 Å². The van der Waals surface area contributed by atoms with Crippen LogP contribution in [0.1, 0.15) is 21.7 Å². The molecule has 0 aliphatic carbocycles. The van der Waals surface area contributed by atoms with Gasteiger partial charge in [0.1, 0.15) is 18.2 Å². The molecule has 2 aromatic carbocycles. The lowest BCUT2D eigenvalue weighted by atomic mass is 10.1. The predicted molar refractivity (Wildman–Crippen MR) is 107 cm³/mol. The highest BCUT2D eigenvalue weighted by Crippen LogP contribution is 2.20. The number of carbonyl (C=O) groups excluding carboxylic acids is 1. The van der Waals surface area contributed by atoms with Crippen LogP contribution in [-0.2, 0) is 0 Å². The van der Waals surface area contributed by atoms with Gasteiger partial charge < -0.3 is 9.64 Å². The molecular weight excluding hydrogens is 381 g/mol. The Labute approximate surface area is 168 Å². The smallest absolute Gasteiger partial charge is 0.257 e. The van der Waals surface area contributed by atoms with Gasteiger partial charge in [0, 0.05) is 12.1 Å². The largest absolute Gasteiger partial charge is 0.492 e. The summed E-state index contributed by atoms with van der Waals surface area (Å²) in [5, 5.41) is 5.05. The van der Waals surface area contributed by atoms with Crippen molar-refractivity contribution in [2.75, 3.05) is 20.2 Å². The Kier molecular flexibility index (Phi) is 5.99. The van der Waals surface area contributed by atoms with Crippen molar-refractivity contribution in [3.63, 3.8) is 0 Å². The molecule has 3 aromatic rings. The van der Waals surface area contributed by atoms with Gasteiger partial charge in [0.05, 0.1) is 29.2 Å². The van der Waals surface area contributed by atoms with Crippen molar-refractivity contribution in [2.45, 2.75) is 13.8 Å². The fraction of sp³-hybridized carbons (Fsp3) is 0.238. The fourth-order valence-electron chi connectivity index (χ4n) is 2.94. The summed E-state index contributed by atoms with van der Waals surface area (Å²) in [6, 6.07) is 13.1. The van der Waals surface area contributed by atoms with Gasteiger partial charge in [0.15, 0.2) is 0 Å². The molecule has 0 bridgehead atoms. The number of ether oxygens (including phenoxy) is 1. The van der Waals surface area contributed by atoms with Crippen LogP contribution in [0.4, 0.5) is 4.39 Å². The molecule has 0 fully saturated rings. The van der Waals surface area contributed by atoms with Crippen molar-refractivity contribution >= 4 is 17.5 Å². The van der Waals surface area contributed by atoms with Gasteiger partial charge in [-0.2, -0.15) is 5.10 Å². The first-order chi connectivity index (χ1) is 13.4. The standard InChI is InChI=1S/C21H21ClFN3O2/c1-14-20(15(2)26(24-14)18-9-7-17(23)8-10-18)21(27)25(3)11-12-28-19-6-4-5-16(22)13-19/h4-10,13H,11-12H2,1-3H3. The third-order valence-corrected chi connectivity index (χ3v) is 4.65. The van der Waals surface area contributed by atoms with E-state index in [2.05, 4.69) is 5.10 Å². The molecule has 28 heavy (non-hydrogen) atoms. The zero-order chi connectivity index (χ0) is 20.3. The Balaban J connectivity index is 1.70. The third-order valence-electron chi connectivity index (χ3n) is 4.41. The predicted octanol–water partition coefficient (Wildman–Crippen LogP) is 4.43. The van der Waals surface area contributed by atoms with Gasteiger partial charge in [0.2, 0.25) is 0 Å². The number of amides is 1. The molecule has 7 heteroatoms. The maximum atomic E-state index is 13.2. The van der Waals surface area contributed by atoms with Crippen molar-refractivity contribution in [1.82, 2.24) is 14.7 Å². The van der Waals surface area contributed by atoms with Crippen molar-refractivity contribution in [2.24, 2.45) is 0 Å². The summed E-state index contributed by atoms with van der Waals surface area (Å²) in [4.78, 5) is 14.5. The minimum atomic E-state index is -0.319. The lowest BCUT2D eigenvalue weighted by molar-refractivity contribution is 0.0772. The number of aryl methyl sites for hydroxylation is 1. The molecule has 0 atom stereocenters. The summed E-state index contributed by atoms with van der Waals surface area (Å²) in [6.07, 6.45) is 0. The summed E-state index contributed by atoms with van der Waals surface area (Å²) in [5.41, 5.74) is 2.56. The van der Waals surface area contributed by atoms with E-state index in [9.17, 15) is 9.18 Å². The first kappa shape index (κ1) is 19.9. The third kappa shape index (κ3) is 4.34. The molecule has 0 spiro atoms.